The van der Waals surface area contributed by atoms with E-state index < -0.39 is 10.0 Å². The molecule has 0 saturated carbocycles. The molecule has 2 aromatic rings. The lowest BCUT2D eigenvalue weighted by atomic mass is 9.93. The summed E-state index contributed by atoms with van der Waals surface area (Å²) in [5, 5.41) is 5.86. The minimum Gasteiger partial charge on any atom is -0.355 e. The maximum atomic E-state index is 13.4. The van der Waals surface area contributed by atoms with Gasteiger partial charge in [-0.1, -0.05) is 18.1 Å². The zero-order chi connectivity index (χ0) is 22.0. The van der Waals surface area contributed by atoms with Crippen molar-refractivity contribution in [1.29, 1.82) is 0 Å². The van der Waals surface area contributed by atoms with Crippen molar-refractivity contribution in [3.05, 3.63) is 33.8 Å². The Morgan fingerprint density at radius 2 is 1.87 bits per heavy atom. The molecule has 0 radical (unpaired) electrons. The van der Waals surface area contributed by atoms with Gasteiger partial charge in [0.1, 0.15) is 5.69 Å². The Hall–Kier alpha value is -1.97. The first-order chi connectivity index (χ1) is 14.9. The first-order valence-electron chi connectivity index (χ1n) is 10.8. The smallest absolute Gasteiger partial charge is 0.248 e. The van der Waals surface area contributed by atoms with Crippen LogP contribution in [-0.4, -0.2) is 54.9 Å². The van der Waals surface area contributed by atoms with Crippen molar-refractivity contribution in [1.82, 2.24) is 14.4 Å². The van der Waals surface area contributed by atoms with Gasteiger partial charge in [-0.15, -0.1) is 11.3 Å². The maximum absolute atomic E-state index is 13.4. The summed E-state index contributed by atoms with van der Waals surface area (Å²) in [6.07, 6.45) is 6.69. The van der Waals surface area contributed by atoms with E-state index in [1.807, 2.05) is 28.5 Å². The van der Waals surface area contributed by atoms with Gasteiger partial charge in [-0.05, 0) is 62.1 Å². The summed E-state index contributed by atoms with van der Waals surface area (Å²) >= 11 is 1.56. The van der Waals surface area contributed by atoms with E-state index >= 15 is 0 Å². The lowest BCUT2D eigenvalue weighted by Crippen LogP contribution is -2.46. The largest absolute Gasteiger partial charge is 0.355 e. The van der Waals surface area contributed by atoms with Crippen LogP contribution < -0.4 is 0 Å². The fraction of sp³-hybridized carbons (Fsp3) is 0.545. The zero-order valence-electron chi connectivity index (χ0n) is 18.0. The van der Waals surface area contributed by atoms with Gasteiger partial charge in [-0.25, -0.2) is 8.42 Å². The minimum absolute atomic E-state index is 0.0957. The van der Waals surface area contributed by atoms with E-state index in [-0.39, 0.29) is 22.5 Å². The van der Waals surface area contributed by atoms with E-state index in [2.05, 4.69) is 12.1 Å². The van der Waals surface area contributed by atoms with Crippen LogP contribution in [0, 0.1) is 18.8 Å². The molecule has 0 aliphatic carbocycles. The number of hydrogen-bond acceptors (Lipinski definition) is 6. The van der Waals surface area contributed by atoms with E-state index in [1.54, 1.807) is 24.3 Å². The molecule has 1 amide bonds. The minimum atomic E-state index is -3.75. The van der Waals surface area contributed by atoms with Gasteiger partial charge in [-0.3, -0.25) is 4.79 Å². The van der Waals surface area contributed by atoms with Crippen molar-refractivity contribution in [3.8, 4) is 0 Å². The normalized spacial score (nSPS) is 20.0. The van der Waals surface area contributed by atoms with Crippen LogP contribution in [0.5, 0.6) is 0 Å². The lowest BCUT2D eigenvalue weighted by molar-refractivity contribution is -0.138. The standard InChI is InChI=1S/C22H29N3O4S2/c1-16-7-11-24(12-8-16)22(26)18-9-13-25(14-10-18)31(27,28)21-17(2)23-29-20(21)6-5-19-4-3-15-30-19/h3-6,15-16,18H,7-14H2,1-2H3/b6-5+. The Balaban J connectivity index is 1.44. The van der Waals surface area contributed by atoms with Crippen molar-refractivity contribution in [2.75, 3.05) is 26.2 Å². The summed E-state index contributed by atoms with van der Waals surface area (Å²) in [5.41, 5.74) is 0.353. The van der Waals surface area contributed by atoms with Crippen LogP contribution in [0.1, 0.15) is 48.9 Å². The Morgan fingerprint density at radius 3 is 2.52 bits per heavy atom. The average Bonchev–Trinajstić information content (AvgIpc) is 3.42. The summed E-state index contributed by atoms with van der Waals surface area (Å²) in [6.45, 7) is 6.17. The number of hydrogen-bond donors (Lipinski definition) is 0. The first-order valence-corrected chi connectivity index (χ1v) is 13.1. The van der Waals surface area contributed by atoms with Crippen LogP contribution in [0.25, 0.3) is 12.2 Å². The SMILES string of the molecule is Cc1noc(/C=C/c2cccs2)c1S(=O)(=O)N1CCC(C(=O)N2CCC(C)CC2)CC1. The average molecular weight is 464 g/mol. The second kappa shape index (κ2) is 9.26. The van der Waals surface area contributed by atoms with Gasteiger partial charge in [-0.2, -0.15) is 4.31 Å². The highest BCUT2D eigenvalue weighted by molar-refractivity contribution is 7.89. The topological polar surface area (TPSA) is 83.7 Å². The number of carbonyl (C=O) groups is 1. The maximum Gasteiger partial charge on any atom is 0.248 e. The monoisotopic (exact) mass is 463 g/mol. The molecule has 0 spiro atoms. The molecule has 4 heterocycles. The second-order valence-corrected chi connectivity index (χ2v) is 11.4. The highest BCUT2D eigenvalue weighted by Gasteiger charge is 2.37. The van der Waals surface area contributed by atoms with Crippen molar-refractivity contribution in [3.63, 3.8) is 0 Å². The molecule has 2 aliphatic rings. The number of rotatable bonds is 5. The van der Waals surface area contributed by atoms with Crippen molar-refractivity contribution in [2.45, 2.75) is 44.4 Å². The molecule has 0 bridgehead atoms. The van der Waals surface area contributed by atoms with Gasteiger partial charge in [0.15, 0.2) is 10.7 Å². The molecule has 0 atom stereocenters. The van der Waals surface area contributed by atoms with E-state index in [9.17, 15) is 13.2 Å². The summed E-state index contributed by atoms with van der Waals surface area (Å²) in [6, 6.07) is 3.88. The van der Waals surface area contributed by atoms with Gasteiger partial charge >= 0.3 is 0 Å². The Kier molecular flexibility index (Phi) is 6.64. The Labute approximate surface area is 187 Å². The molecule has 168 valence electrons. The second-order valence-electron chi connectivity index (χ2n) is 8.50. The Morgan fingerprint density at radius 1 is 1.16 bits per heavy atom. The molecule has 2 saturated heterocycles. The predicted molar refractivity (Wildman–Crippen MR) is 121 cm³/mol. The summed E-state index contributed by atoms with van der Waals surface area (Å²) < 4.78 is 33.5. The highest BCUT2D eigenvalue weighted by Crippen LogP contribution is 2.30. The van der Waals surface area contributed by atoms with Crippen LogP contribution in [0.2, 0.25) is 0 Å². The summed E-state index contributed by atoms with van der Waals surface area (Å²) in [7, 11) is -3.75. The number of likely N-dealkylation sites (tertiary alicyclic amines) is 1. The first kappa shape index (κ1) is 22.2. The molecule has 2 fully saturated rings. The molecule has 2 aromatic heterocycles. The molecular formula is C22H29N3O4S2. The molecule has 4 rings (SSSR count). The van der Waals surface area contributed by atoms with E-state index in [1.165, 1.54) is 4.31 Å². The van der Waals surface area contributed by atoms with Crippen molar-refractivity contribution < 1.29 is 17.7 Å². The van der Waals surface area contributed by atoms with Crippen LogP contribution in [0.15, 0.2) is 26.9 Å². The third kappa shape index (κ3) is 4.78. The number of sulfonamides is 1. The number of carbonyl (C=O) groups excluding carboxylic acids is 1. The third-order valence-electron chi connectivity index (χ3n) is 6.27. The van der Waals surface area contributed by atoms with Gasteiger partial charge in [0.25, 0.3) is 0 Å². The molecule has 0 aromatic carbocycles. The molecule has 0 N–H and O–H groups in total. The molecule has 7 nitrogen and oxygen atoms in total. The van der Waals surface area contributed by atoms with Gasteiger partial charge in [0.2, 0.25) is 15.9 Å². The van der Waals surface area contributed by atoms with E-state index in [0.29, 0.717) is 37.5 Å². The van der Waals surface area contributed by atoms with Crippen LogP contribution in [-0.2, 0) is 14.8 Å². The van der Waals surface area contributed by atoms with Crippen molar-refractivity contribution in [2.24, 2.45) is 11.8 Å². The Bertz CT molecular complexity index is 1030. The van der Waals surface area contributed by atoms with Gasteiger partial charge < -0.3 is 9.42 Å². The number of nitrogens with zero attached hydrogens (tertiary/aromatic N) is 3. The molecule has 9 heteroatoms. The van der Waals surface area contributed by atoms with Crippen molar-refractivity contribution >= 4 is 39.4 Å². The fourth-order valence-corrected chi connectivity index (χ4v) is 6.64. The molecular weight excluding hydrogens is 434 g/mol. The number of thiophene rings is 1. The zero-order valence-corrected chi connectivity index (χ0v) is 19.6. The van der Waals surface area contributed by atoms with Gasteiger partial charge in [0.05, 0.1) is 0 Å². The third-order valence-corrected chi connectivity index (χ3v) is 9.17. The van der Waals surface area contributed by atoms with E-state index in [0.717, 1.165) is 30.8 Å². The molecule has 0 unspecified atom stereocenters. The number of aryl methyl sites for hydroxylation is 1. The van der Waals surface area contributed by atoms with E-state index in [4.69, 9.17) is 4.52 Å². The summed E-state index contributed by atoms with van der Waals surface area (Å²) in [4.78, 5) is 16.0. The van der Waals surface area contributed by atoms with Crippen LogP contribution in [0.4, 0.5) is 0 Å². The lowest BCUT2D eigenvalue weighted by Gasteiger charge is -2.36. The number of piperidine rings is 2. The number of amides is 1. The highest BCUT2D eigenvalue weighted by atomic mass is 32.2. The number of aromatic nitrogens is 1. The summed E-state index contributed by atoms with van der Waals surface area (Å²) in [5.74, 6) is 1.00. The molecule has 31 heavy (non-hydrogen) atoms. The predicted octanol–water partition coefficient (Wildman–Crippen LogP) is 3.87. The molecule has 2 aliphatic heterocycles. The quantitative estimate of drug-likeness (QED) is 0.672. The van der Waals surface area contributed by atoms with Crippen LogP contribution in [0.3, 0.4) is 0 Å². The fourth-order valence-electron chi connectivity index (χ4n) is 4.30. The van der Waals surface area contributed by atoms with Gasteiger partial charge in [0, 0.05) is 37.0 Å². The van der Waals surface area contributed by atoms with Crippen LogP contribution >= 0.6 is 11.3 Å².